The fourth-order valence-electron chi connectivity index (χ4n) is 1.52. The van der Waals surface area contributed by atoms with Gasteiger partial charge in [-0.15, -0.1) is 0 Å². The second-order valence-corrected chi connectivity index (χ2v) is 4.01. The first-order valence-electron chi connectivity index (χ1n) is 5.77. The predicted molar refractivity (Wildman–Crippen MR) is 63.7 cm³/mol. The monoisotopic (exact) mass is 264 g/mol. The number of nitrogens with zero attached hydrogens (tertiary/aromatic N) is 4. The van der Waals surface area contributed by atoms with E-state index < -0.39 is 5.82 Å². The average Bonchev–Trinajstić information content (AvgIpc) is 2.85. The van der Waals surface area contributed by atoms with Crippen molar-refractivity contribution in [3.8, 4) is 0 Å². The summed E-state index contributed by atoms with van der Waals surface area (Å²) < 4.78 is 18.0. The molecule has 0 aliphatic carbocycles. The van der Waals surface area contributed by atoms with Crippen LogP contribution in [0.25, 0.3) is 0 Å². The lowest BCUT2D eigenvalue weighted by Crippen LogP contribution is -2.26. The highest BCUT2D eigenvalue weighted by Crippen LogP contribution is 2.08. The first-order valence-corrected chi connectivity index (χ1v) is 5.77. The standard InChI is InChI=1S/C12H13FN4O2/c1-3-10-15-11(19-16-10)7-17(2)12(18)8-4-9(13)6-14-5-8/h4-6H,3,7H2,1-2H3. The van der Waals surface area contributed by atoms with Gasteiger partial charge in [-0.1, -0.05) is 12.1 Å². The van der Waals surface area contributed by atoms with Crippen LogP contribution in [0.1, 0.15) is 29.0 Å². The van der Waals surface area contributed by atoms with Crippen LogP contribution in [-0.4, -0.2) is 33.0 Å². The highest BCUT2D eigenvalue weighted by Gasteiger charge is 2.16. The van der Waals surface area contributed by atoms with E-state index in [-0.39, 0.29) is 18.0 Å². The number of halogens is 1. The third-order valence-electron chi connectivity index (χ3n) is 2.50. The number of amides is 1. The van der Waals surface area contributed by atoms with E-state index in [0.717, 1.165) is 12.3 Å². The molecule has 19 heavy (non-hydrogen) atoms. The van der Waals surface area contributed by atoms with Gasteiger partial charge in [0.25, 0.3) is 5.91 Å². The Bertz CT molecular complexity index is 585. The van der Waals surface area contributed by atoms with Gasteiger partial charge in [0.05, 0.1) is 18.3 Å². The summed E-state index contributed by atoms with van der Waals surface area (Å²) in [5, 5.41) is 3.74. The molecule has 2 rings (SSSR count). The molecule has 1 amide bonds. The van der Waals surface area contributed by atoms with E-state index in [2.05, 4.69) is 15.1 Å². The molecule has 0 radical (unpaired) electrons. The lowest BCUT2D eigenvalue weighted by Gasteiger charge is -2.14. The Morgan fingerprint density at radius 3 is 2.89 bits per heavy atom. The Balaban J connectivity index is 2.07. The highest BCUT2D eigenvalue weighted by atomic mass is 19.1. The van der Waals surface area contributed by atoms with Gasteiger partial charge in [0.2, 0.25) is 5.89 Å². The molecule has 0 spiro atoms. The molecule has 0 bridgehead atoms. The molecule has 0 aliphatic rings. The highest BCUT2D eigenvalue weighted by molar-refractivity contribution is 5.93. The van der Waals surface area contributed by atoms with Gasteiger partial charge < -0.3 is 9.42 Å². The number of carbonyl (C=O) groups excluding carboxylic acids is 1. The van der Waals surface area contributed by atoms with Gasteiger partial charge in [0.1, 0.15) is 5.82 Å². The Hall–Kier alpha value is -2.31. The first-order chi connectivity index (χ1) is 9.10. The number of hydrogen-bond acceptors (Lipinski definition) is 5. The molecule has 100 valence electrons. The second-order valence-electron chi connectivity index (χ2n) is 4.01. The molecule has 2 heterocycles. The van der Waals surface area contributed by atoms with Gasteiger partial charge in [-0.3, -0.25) is 9.78 Å². The number of aromatic nitrogens is 3. The quantitative estimate of drug-likeness (QED) is 0.835. The molecule has 7 heteroatoms. The van der Waals surface area contributed by atoms with Crippen LogP contribution in [0.5, 0.6) is 0 Å². The molecule has 6 nitrogen and oxygen atoms in total. The summed E-state index contributed by atoms with van der Waals surface area (Å²) in [6.07, 6.45) is 3.02. The maximum atomic E-state index is 13.0. The van der Waals surface area contributed by atoms with Crippen molar-refractivity contribution >= 4 is 5.91 Å². The van der Waals surface area contributed by atoms with Crippen LogP contribution in [-0.2, 0) is 13.0 Å². The van der Waals surface area contributed by atoms with Crippen molar-refractivity contribution in [3.63, 3.8) is 0 Å². The molecule has 2 aromatic heterocycles. The largest absolute Gasteiger partial charge is 0.337 e. The lowest BCUT2D eigenvalue weighted by atomic mass is 10.2. The van der Waals surface area contributed by atoms with Gasteiger partial charge in [0.15, 0.2) is 5.82 Å². The molecular weight excluding hydrogens is 251 g/mol. The lowest BCUT2D eigenvalue weighted by molar-refractivity contribution is 0.0768. The van der Waals surface area contributed by atoms with Gasteiger partial charge in [0, 0.05) is 19.7 Å². The van der Waals surface area contributed by atoms with E-state index in [4.69, 9.17) is 4.52 Å². The Kier molecular flexibility index (Phi) is 3.84. The van der Waals surface area contributed by atoms with Crippen LogP contribution in [0.15, 0.2) is 23.0 Å². The van der Waals surface area contributed by atoms with Crippen LogP contribution >= 0.6 is 0 Å². The van der Waals surface area contributed by atoms with Crippen LogP contribution < -0.4 is 0 Å². The van der Waals surface area contributed by atoms with E-state index in [1.54, 1.807) is 7.05 Å². The third kappa shape index (κ3) is 3.12. The minimum atomic E-state index is -0.551. The summed E-state index contributed by atoms with van der Waals surface area (Å²) in [5.74, 6) is 0.0221. The van der Waals surface area contributed by atoms with Crippen molar-refractivity contribution in [1.82, 2.24) is 20.0 Å². The maximum Gasteiger partial charge on any atom is 0.255 e. The van der Waals surface area contributed by atoms with Gasteiger partial charge in [-0.05, 0) is 6.07 Å². The fraction of sp³-hybridized carbons (Fsp3) is 0.333. The SMILES string of the molecule is CCc1noc(CN(C)C(=O)c2cncc(F)c2)n1. The molecule has 0 aromatic carbocycles. The van der Waals surface area contributed by atoms with Gasteiger partial charge in [-0.25, -0.2) is 4.39 Å². The number of hydrogen-bond donors (Lipinski definition) is 0. The average molecular weight is 264 g/mol. The van der Waals surface area contributed by atoms with Crippen LogP contribution in [0.2, 0.25) is 0 Å². The predicted octanol–water partition coefficient (Wildman–Crippen LogP) is 1.44. The molecule has 0 aliphatic heterocycles. The van der Waals surface area contributed by atoms with Crippen molar-refractivity contribution in [3.05, 3.63) is 41.6 Å². The van der Waals surface area contributed by atoms with Crippen molar-refractivity contribution in [2.45, 2.75) is 19.9 Å². The number of rotatable bonds is 4. The number of aryl methyl sites for hydroxylation is 1. The molecule has 0 unspecified atom stereocenters. The summed E-state index contributed by atoms with van der Waals surface area (Å²) >= 11 is 0. The zero-order valence-corrected chi connectivity index (χ0v) is 10.6. The molecule has 0 saturated carbocycles. The molecule has 0 atom stereocenters. The zero-order valence-electron chi connectivity index (χ0n) is 10.6. The smallest absolute Gasteiger partial charge is 0.255 e. The van der Waals surface area contributed by atoms with E-state index in [1.165, 1.54) is 11.1 Å². The van der Waals surface area contributed by atoms with Crippen molar-refractivity contribution in [1.29, 1.82) is 0 Å². The number of pyridine rings is 1. The molecular formula is C12H13FN4O2. The van der Waals surface area contributed by atoms with Gasteiger partial charge >= 0.3 is 0 Å². The van der Waals surface area contributed by atoms with Crippen LogP contribution in [0.3, 0.4) is 0 Å². The topological polar surface area (TPSA) is 72.1 Å². The summed E-state index contributed by atoms with van der Waals surface area (Å²) in [6, 6.07) is 1.14. The van der Waals surface area contributed by atoms with E-state index in [1.807, 2.05) is 6.92 Å². The Labute approximate surface area is 109 Å². The maximum absolute atomic E-state index is 13.0. The van der Waals surface area contributed by atoms with E-state index >= 15 is 0 Å². The zero-order chi connectivity index (χ0) is 13.8. The molecule has 0 saturated heterocycles. The number of carbonyl (C=O) groups is 1. The Morgan fingerprint density at radius 2 is 2.26 bits per heavy atom. The molecule has 0 N–H and O–H groups in total. The molecule has 2 aromatic rings. The fourth-order valence-corrected chi connectivity index (χ4v) is 1.52. The van der Waals surface area contributed by atoms with Gasteiger partial charge in [-0.2, -0.15) is 4.98 Å². The summed E-state index contributed by atoms with van der Waals surface area (Å²) in [4.78, 5) is 21.1. The summed E-state index contributed by atoms with van der Waals surface area (Å²) in [6.45, 7) is 2.07. The van der Waals surface area contributed by atoms with Crippen molar-refractivity contribution in [2.24, 2.45) is 0 Å². The normalized spacial score (nSPS) is 10.5. The minimum absolute atomic E-state index is 0.169. The first kappa shape index (κ1) is 13.1. The van der Waals surface area contributed by atoms with Crippen molar-refractivity contribution in [2.75, 3.05) is 7.05 Å². The van der Waals surface area contributed by atoms with E-state index in [9.17, 15) is 9.18 Å². The second kappa shape index (κ2) is 5.55. The molecule has 0 fully saturated rings. The van der Waals surface area contributed by atoms with Crippen LogP contribution in [0.4, 0.5) is 4.39 Å². The third-order valence-corrected chi connectivity index (χ3v) is 2.50. The minimum Gasteiger partial charge on any atom is -0.337 e. The van der Waals surface area contributed by atoms with Crippen LogP contribution in [0, 0.1) is 5.82 Å². The van der Waals surface area contributed by atoms with Crippen molar-refractivity contribution < 1.29 is 13.7 Å². The Morgan fingerprint density at radius 1 is 1.47 bits per heavy atom. The van der Waals surface area contributed by atoms with E-state index in [0.29, 0.717) is 18.1 Å². The summed E-state index contributed by atoms with van der Waals surface area (Å²) in [7, 11) is 1.57. The summed E-state index contributed by atoms with van der Waals surface area (Å²) in [5.41, 5.74) is 0.178.